The lowest BCUT2D eigenvalue weighted by Crippen LogP contribution is -2.25. The topological polar surface area (TPSA) is 49.8 Å². The Balaban J connectivity index is 1.71. The molecule has 21 heavy (non-hydrogen) atoms. The van der Waals surface area contributed by atoms with E-state index in [0.29, 0.717) is 41.2 Å². The number of nitrogens with one attached hydrogen (secondary N) is 2. The van der Waals surface area contributed by atoms with Gasteiger partial charge in [-0.2, -0.15) is 0 Å². The summed E-state index contributed by atoms with van der Waals surface area (Å²) in [6.45, 7) is 0.567. The van der Waals surface area contributed by atoms with Gasteiger partial charge in [-0.15, -0.1) is 0 Å². The number of aromatic nitrogens is 2. The molecular weight excluding hydrogens is 313 g/mol. The van der Waals surface area contributed by atoms with E-state index in [0.717, 1.165) is 12.8 Å². The number of hydrogen-bond donors (Lipinski definition) is 2. The van der Waals surface area contributed by atoms with Crippen molar-refractivity contribution in [2.75, 3.05) is 0 Å². The van der Waals surface area contributed by atoms with Crippen molar-refractivity contribution in [3.63, 3.8) is 0 Å². The molecule has 7 heteroatoms. The van der Waals surface area contributed by atoms with Crippen molar-refractivity contribution in [1.29, 1.82) is 0 Å². The minimum Gasteiger partial charge on any atom is -0.353 e. The molecular formula is C14H15ClFN3OS. The van der Waals surface area contributed by atoms with Gasteiger partial charge in [0.25, 0.3) is 0 Å². The Morgan fingerprint density at radius 2 is 2.29 bits per heavy atom. The number of halogens is 2. The molecule has 1 fully saturated rings. The predicted octanol–water partition coefficient (Wildman–Crippen LogP) is 3.55. The minimum absolute atomic E-state index is 0.0645. The van der Waals surface area contributed by atoms with Gasteiger partial charge in [-0.1, -0.05) is 11.6 Å². The Labute approximate surface area is 131 Å². The van der Waals surface area contributed by atoms with Crippen LogP contribution in [-0.4, -0.2) is 21.5 Å². The van der Waals surface area contributed by atoms with Crippen LogP contribution in [0.1, 0.15) is 25.7 Å². The highest BCUT2D eigenvalue weighted by Crippen LogP contribution is 2.23. The molecule has 1 aromatic heterocycles. The summed E-state index contributed by atoms with van der Waals surface area (Å²) in [5, 5.41) is 3.01. The number of H-pyrrole nitrogens is 1. The van der Waals surface area contributed by atoms with Crippen molar-refractivity contribution in [1.82, 2.24) is 14.9 Å². The number of amides is 1. The number of benzene rings is 1. The number of nitrogens with zero attached hydrogens (tertiary/aromatic N) is 1. The van der Waals surface area contributed by atoms with E-state index < -0.39 is 5.82 Å². The molecule has 112 valence electrons. The zero-order valence-corrected chi connectivity index (χ0v) is 12.9. The molecule has 0 bridgehead atoms. The largest absolute Gasteiger partial charge is 0.353 e. The third-order valence-corrected chi connectivity index (χ3v) is 4.16. The van der Waals surface area contributed by atoms with Gasteiger partial charge in [0, 0.05) is 25.1 Å². The van der Waals surface area contributed by atoms with Crippen molar-refractivity contribution in [2.45, 2.75) is 38.3 Å². The minimum atomic E-state index is -0.474. The second-order valence-electron chi connectivity index (χ2n) is 5.31. The Morgan fingerprint density at radius 1 is 1.52 bits per heavy atom. The van der Waals surface area contributed by atoms with Crippen LogP contribution in [-0.2, 0) is 11.3 Å². The van der Waals surface area contributed by atoms with Crippen LogP contribution in [0.25, 0.3) is 11.0 Å². The summed E-state index contributed by atoms with van der Waals surface area (Å²) in [6, 6.07) is 3.27. The van der Waals surface area contributed by atoms with Crippen molar-refractivity contribution < 1.29 is 9.18 Å². The monoisotopic (exact) mass is 327 g/mol. The van der Waals surface area contributed by atoms with Gasteiger partial charge in [0.1, 0.15) is 5.82 Å². The molecule has 0 radical (unpaired) electrons. The SMILES string of the molecule is O=C(CCCn1c(=S)[nH]c2cc(Cl)c(F)cc21)NC1CC1. The van der Waals surface area contributed by atoms with Gasteiger partial charge in [-0.25, -0.2) is 4.39 Å². The van der Waals surface area contributed by atoms with E-state index in [1.165, 1.54) is 12.1 Å². The maximum atomic E-state index is 13.6. The molecule has 4 nitrogen and oxygen atoms in total. The fourth-order valence-corrected chi connectivity index (χ4v) is 2.76. The van der Waals surface area contributed by atoms with E-state index in [2.05, 4.69) is 10.3 Å². The molecule has 0 atom stereocenters. The highest BCUT2D eigenvalue weighted by molar-refractivity contribution is 7.71. The van der Waals surface area contributed by atoms with Crippen LogP contribution in [0, 0.1) is 10.6 Å². The van der Waals surface area contributed by atoms with Gasteiger partial charge in [-0.3, -0.25) is 4.79 Å². The quantitative estimate of drug-likeness (QED) is 0.825. The van der Waals surface area contributed by atoms with Crippen LogP contribution < -0.4 is 5.32 Å². The summed E-state index contributed by atoms with van der Waals surface area (Å²) in [4.78, 5) is 14.6. The molecule has 2 N–H and O–H groups in total. The van der Waals surface area contributed by atoms with Crippen LogP contribution in [0.15, 0.2) is 12.1 Å². The summed E-state index contributed by atoms with van der Waals surface area (Å²) < 4.78 is 15.9. The summed E-state index contributed by atoms with van der Waals surface area (Å²) in [6.07, 6.45) is 3.27. The number of aryl methyl sites for hydroxylation is 1. The van der Waals surface area contributed by atoms with Crippen LogP contribution >= 0.6 is 23.8 Å². The third kappa shape index (κ3) is 3.27. The Hall–Kier alpha value is -1.40. The van der Waals surface area contributed by atoms with Gasteiger partial charge in [-0.05, 0) is 37.5 Å². The normalized spacial score (nSPS) is 14.6. The molecule has 0 unspecified atom stereocenters. The molecule has 1 aliphatic carbocycles. The summed E-state index contributed by atoms with van der Waals surface area (Å²) >= 11 is 11.0. The van der Waals surface area contributed by atoms with Crippen molar-refractivity contribution in [3.8, 4) is 0 Å². The first kappa shape index (κ1) is 14.5. The van der Waals surface area contributed by atoms with Crippen molar-refractivity contribution in [2.24, 2.45) is 0 Å². The van der Waals surface area contributed by atoms with Crippen molar-refractivity contribution in [3.05, 3.63) is 27.7 Å². The van der Waals surface area contributed by atoms with Crippen LogP contribution in [0.2, 0.25) is 5.02 Å². The lowest BCUT2D eigenvalue weighted by atomic mass is 10.2. The van der Waals surface area contributed by atoms with Crippen LogP contribution in [0.3, 0.4) is 0 Å². The summed E-state index contributed by atoms with van der Waals surface area (Å²) in [7, 11) is 0. The van der Waals surface area contributed by atoms with Gasteiger partial charge >= 0.3 is 0 Å². The number of aromatic amines is 1. The highest BCUT2D eigenvalue weighted by atomic mass is 35.5. The lowest BCUT2D eigenvalue weighted by molar-refractivity contribution is -0.121. The smallest absolute Gasteiger partial charge is 0.220 e. The standard InChI is InChI=1S/C14H15ClFN3OS/c15-9-6-11-12(7-10(9)16)19(14(21)18-11)5-1-2-13(20)17-8-3-4-8/h6-8H,1-5H2,(H,17,20)(H,18,21). The molecule has 1 saturated carbocycles. The average Bonchev–Trinajstić information content (AvgIpc) is 3.18. The van der Waals surface area contributed by atoms with E-state index >= 15 is 0 Å². The zero-order valence-electron chi connectivity index (χ0n) is 11.3. The highest BCUT2D eigenvalue weighted by Gasteiger charge is 2.22. The number of carbonyl (C=O) groups excluding carboxylic acids is 1. The van der Waals surface area contributed by atoms with E-state index in [-0.39, 0.29) is 10.9 Å². The van der Waals surface area contributed by atoms with E-state index in [1.807, 2.05) is 0 Å². The van der Waals surface area contributed by atoms with E-state index in [1.54, 1.807) is 4.57 Å². The van der Waals surface area contributed by atoms with Crippen LogP contribution in [0.4, 0.5) is 4.39 Å². The van der Waals surface area contributed by atoms with E-state index in [4.69, 9.17) is 23.8 Å². The molecule has 1 heterocycles. The first-order chi connectivity index (χ1) is 10.0. The first-order valence-corrected chi connectivity index (χ1v) is 7.70. The number of imidazole rings is 1. The second kappa shape index (κ2) is 5.77. The first-order valence-electron chi connectivity index (χ1n) is 6.91. The van der Waals surface area contributed by atoms with Gasteiger partial charge < -0.3 is 14.9 Å². The van der Waals surface area contributed by atoms with Gasteiger partial charge in [0.2, 0.25) is 5.91 Å². The molecule has 1 amide bonds. The summed E-state index contributed by atoms with van der Waals surface area (Å²) in [5.74, 6) is -0.406. The maximum absolute atomic E-state index is 13.6. The Kier molecular flexibility index (Phi) is 3.99. The molecule has 0 aliphatic heterocycles. The molecule has 1 aliphatic rings. The Morgan fingerprint density at radius 3 is 3.00 bits per heavy atom. The van der Waals surface area contributed by atoms with E-state index in [9.17, 15) is 9.18 Å². The van der Waals surface area contributed by atoms with Crippen molar-refractivity contribution >= 4 is 40.8 Å². The predicted molar refractivity (Wildman–Crippen MR) is 82.5 cm³/mol. The number of hydrogen-bond acceptors (Lipinski definition) is 2. The summed E-state index contributed by atoms with van der Waals surface area (Å²) in [5.41, 5.74) is 1.37. The lowest BCUT2D eigenvalue weighted by Gasteiger charge is -2.06. The number of rotatable bonds is 5. The van der Waals surface area contributed by atoms with Gasteiger partial charge in [0.15, 0.2) is 4.77 Å². The fraction of sp³-hybridized carbons (Fsp3) is 0.429. The molecule has 2 aromatic rings. The molecule has 3 rings (SSSR count). The Bertz CT molecular complexity index is 750. The van der Waals surface area contributed by atoms with Gasteiger partial charge in [0.05, 0.1) is 16.1 Å². The zero-order chi connectivity index (χ0) is 15.0. The maximum Gasteiger partial charge on any atom is 0.220 e. The number of carbonyl (C=O) groups is 1. The average molecular weight is 328 g/mol. The van der Waals surface area contributed by atoms with Crippen LogP contribution in [0.5, 0.6) is 0 Å². The molecule has 1 aromatic carbocycles. The molecule has 0 saturated heterocycles. The second-order valence-corrected chi connectivity index (χ2v) is 6.10. The molecule has 0 spiro atoms. The third-order valence-electron chi connectivity index (χ3n) is 3.54. The fourth-order valence-electron chi connectivity index (χ4n) is 2.30. The number of fused-ring (bicyclic) bond motifs is 1.